The van der Waals surface area contributed by atoms with Gasteiger partial charge >= 0.3 is 12.1 Å². The molecule has 1 aromatic carbocycles. The Hall–Kier alpha value is -2.57. The number of carboxylic acid groups (broad SMARTS) is 1. The van der Waals surface area contributed by atoms with Crippen molar-refractivity contribution in [2.75, 3.05) is 5.32 Å². The Morgan fingerprint density at radius 1 is 1.35 bits per heavy atom. The molecule has 2 N–H and O–H groups in total. The number of carbonyl (C=O) groups excluding carboxylic acids is 1. The van der Waals surface area contributed by atoms with Crippen molar-refractivity contribution in [3.63, 3.8) is 0 Å². The fourth-order valence-corrected chi connectivity index (χ4v) is 1.56. The summed E-state index contributed by atoms with van der Waals surface area (Å²) in [4.78, 5) is 22.5. The summed E-state index contributed by atoms with van der Waals surface area (Å²) in [6.07, 6.45) is -0.657. The number of hydrogen-bond donors (Lipinski definition) is 2. The van der Waals surface area contributed by atoms with Crippen molar-refractivity contribution in [3.8, 4) is 0 Å². The van der Waals surface area contributed by atoms with Gasteiger partial charge in [-0.05, 0) is 39.0 Å². The van der Waals surface area contributed by atoms with Crippen molar-refractivity contribution in [2.45, 2.75) is 26.4 Å². The molecule has 0 atom stereocenters. The van der Waals surface area contributed by atoms with Gasteiger partial charge in [0.1, 0.15) is 5.60 Å². The lowest BCUT2D eigenvalue weighted by Gasteiger charge is -2.18. The number of rotatable bonds is 2. The Balaban J connectivity index is 2.24. The smallest absolute Gasteiger partial charge is 0.413 e. The fraction of sp³-hybridized carbons (Fsp3) is 0.308. The molecule has 106 valence electrons. The number of benzene rings is 1. The number of nitrogens with zero attached hydrogens (tertiary/aromatic N) is 1. The predicted octanol–water partition coefficient (Wildman–Crippen LogP) is 2.87. The van der Waals surface area contributed by atoms with E-state index in [2.05, 4.69) is 10.5 Å². The van der Waals surface area contributed by atoms with E-state index in [0.717, 1.165) is 0 Å². The van der Waals surface area contributed by atoms with Gasteiger partial charge in [0.2, 0.25) is 0 Å². The van der Waals surface area contributed by atoms with E-state index in [9.17, 15) is 9.59 Å². The Morgan fingerprint density at radius 3 is 2.65 bits per heavy atom. The number of nitrogens with one attached hydrogen (secondary N) is 1. The lowest BCUT2D eigenvalue weighted by molar-refractivity contribution is 0.0633. The summed E-state index contributed by atoms with van der Waals surface area (Å²) in [6.45, 7) is 5.23. The lowest BCUT2D eigenvalue weighted by Crippen LogP contribution is -2.27. The number of hydrogen-bond acceptors (Lipinski definition) is 5. The highest BCUT2D eigenvalue weighted by Gasteiger charge is 2.19. The van der Waals surface area contributed by atoms with E-state index >= 15 is 0 Å². The van der Waals surface area contributed by atoms with Crippen LogP contribution < -0.4 is 5.32 Å². The number of ether oxygens (including phenoxy) is 1. The Labute approximate surface area is 114 Å². The van der Waals surface area contributed by atoms with Crippen LogP contribution in [0, 0.1) is 0 Å². The van der Waals surface area contributed by atoms with E-state index < -0.39 is 17.7 Å². The van der Waals surface area contributed by atoms with Crippen LogP contribution in [0.5, 0.6) is 0 Å². The third kappa shape index (κ3) is 3.05. The summed E-state index contributed by atoms with van der Waals surface area (Å²) in [5.74, 6) is -0.879. The van der Waals surface area contributed by atoms with Gasteiger partial charge in [-0.2, -0.15) is 0 Å². The minimum atomic E-state index is -1.06. The molecule has 0 saturated carbocycles. The van der Waals surface area contributed by atoms with Crippen LogP contribution in [0.3, 0.4) is 0 Å². The highest BCUT2D eigenvalue weighted by atomic mass is 16.6. The number of aromatic nitrogens is 1. The van der Waals surface area contributed by atoms with Crippen LogP contribution in [-0.4, -0.2) is 27.9 Å². The van der Waals surface area contributed by atoms with Crippen LogP contribution in [0.2, 0.25) is 0 Å². The molecular weight excluding hydrogens is 264 g/mol. The molecule has 1 amide bonds. The van der Waals surface area contributed by atoms with E-state index in [-0.39, 0.29) is 17.0 Å². The normalized spacial score (nSPS) is 11.3. The average Bonchev–Trinajstić information content (AvgIpc) is 2.69. The zero-order valence-corrected chi connectivity index (χ0v) is 11.3. The van der Waals surface area contributed by atoms with Gasteiger partial charge in [0.25, 0.3) is 0 Å². The number of aromatic carboxylic acids is 1. The summed E-state index contributed by atoms with van der Waals surface area (Å²) in [6, 6.07) is 4.26. The molecule has 1 aromatic heterocycles. The minimum Gasteiger partial charge on any atom is -0.478 e. The molecule has 0 bridgehead atoms. The summed E-state index contributed by atoms with van der Waals surface area (Å²) in [5, 5.41) is 15.5. The SMILES string of the molecule is CC(C)(C)OC(=O)Nc1noc2cc(C(=O)O)ccc12. The second-order valence-corrected chi connectivity index (χ2v) is 5.17. The van der Waals surface area contributed by atoms with Crippen molar-refractivity contribution in [1.82, 2.24) is 5.16 Å². The predicted molar refractivity (Wildman–Crippen MR) is 70.8 cm³/mol. The second-order valence-electron chi connectivity index (χ2n) is 5.17. The van der Waals surface area contributed by atoms with E-state index in [1.165, 1.54) is 18.2 Å². The fourth-order valence-electron chi connectivity index (χ4n) is 1.56. The standard InChI is InChI=1S/C13H14N2O5/c1-13(2,3)19-12(18)14-10-8-5-4-7(11(16)17)6-9(8)20-15-10/h4-6H,1-3H3,(H,16,17)(H,14,15,18). The molecule has 7 heteroatoms. The van der Waals surface area contributed by atoms with Gasteiger partial charge in [0.05, 0.1) is 10.9 Å². The van der Waals surface area contributed by atoms with E-state index in [4.69, 9.17) is 14.4 Å². The van der Waals surface area contributed by atoms with E-state index in [1.54, 1.807) is 20.8 Å². The zero-order chi connectivity index (χ0) is 14.9. The molecule has 0 aliphatic heterocycles. The van der Waals surface area contributed by atoms with Gasteiger partial charge < -0.3 is 14.4 Å². The third-order valence-electron chi connectivity index (χ3n) is 2.34. The Morgan fingerprint density at radius 2 is 2.05 bits per heavy atom. The van der Waals surface area contributed by atoms with Crippen LogP contribution in [0.25, 0.3) is 11.0 Å². The maximum atomic E-state index is 11.6. The van der Waals surface area contributed by atoms with E-state index in [0.29, 0.717) is 5.39 Å². The minimum absolute atomic E-state index is 0.0810. The lowest BCUT2D eigenvalue weighted by atomic mass is 10.1. The van der Waals surface area contributed by atoms with Crippen molar-refractivity contribution < 1.29 is 24.0 Å². The van der Waals surface area contributed by atoms with Crippen molar-refractivity contribution >= 4 is 28.8 Å². The van der Waals surface area contributed by atoms with Crippen LogP contribution in [-0.2, 0) is 4.74 Å². The van der Waals surface area contributed by atoms with Gasteiger partial charge in [-0.1, -0.05) is 5.16 Å². The molecule has 0 unspecified atom stereocenters. The summed E-state index contributed by atoms with van der Waals surface area (Å²) in [5.41, 5.74) is -0.270. The first-order valence-corrected chi connectivity index (χ1v) is 5.89. The molecule has 0 saturated heterocycles. The number of fused-ring (bicyclic) bond motifs is 1. The number of carbonyl (C=O) groups is 2. The van der Waals surface area contributed by atoms with Crippen molar-refractivity contribution in [2.24, 2.45) is 0 Å². The van der Waals surface area contributed by atoms with E-state index in [1.807, 2.05) is 0 Å². The van der Waals surface area contributed by atoms with Gasteiger partial charge in [-0.25, -0.2) is 9.59 Å². The summed E-state index contributed by atoms with van der Waals surface area (Å²) in [7, 11) is 0. The Bertz CT molecular complexity index is 669. The molecule has 2 rings (SSSR count). The molecule has 0 spiro atoms. The monoisotopic (exact) mass is 278 g/mol. The first kappa shape index (κ1) is 13.9. The second kappa shape index (κ2) is 4.84. The molecular formula is C13H14N2O5. The van der Waals surface area contributed by atoms with Crippen LogP contribution >= 0.6 is 0 Å². The molecule has 0 fully saturated rings. The molecule has 7 nitrogen and oxygen atoms in total. The molecule has 0 aliphatic carbocycles. The molecule has 0 radical (unpaired) electrons. The zero-order valence-electron chi connectivity index (χ0n) is 11.3. The summed E-state index contributed by atoms with van der Waals surface area (Å²) >= 11 is 0. The van der Waals surface area contributed by atoms with Gasteiger partial charge in [0, 0.05) is 0 Å². The van der Waals surface area contributed by atoms with Gasteiger partial charge in [-0.3, -0.25) is 5.32 Å². The largest absolute Gasteiger partial charge is 0.478 e. The highest BCUT2D eigenvalue weighted by molar-refractivity contribution is 5.99. The van der Waals surface area contributed by atoms with Crippen LogP contribution in [0.1, 0.15) is 31.1 Å². The summed E-state index contributed by atoms with van der Waals surface area (Å²) < 4.78 is 10.1. The average molecular weight is 278 g/mol. The van der Waals surface area contributed by atoms with Crippen molar-refractivity contribution in [1.29, 1.82) is 0 Å². The number of amides is 1. The maximum Gasteiger partial charge on any atom is 0.413 e. The van der Waals surface area contributed by atoms with Crippen molar-refractivity contribution in [3.05, 3.63) is 23.8 Å². The number of carboxylic acids is 1. The topological polar surface area (TPSA) is 102 Å². The quantitative estimate of drug-likeness (QED) is 0.875. The van der Waals surface area contributed by atoms with Gasteiger partial charge in [0.15, 0.2) is 11.4 Å². The van der Waals surface area contributed by atoms with Crippen LogP contribution in [0.4, 0.5) is 10.6 Å². The molecule has 2 aromatic rings. The Kier molecular flexibility index (Phi) is 3.35. The first-order valence-electron chi connectivity index (χ1n) is 5.89. The first-order chi connectivity index (χ1) is 9.26. The molecule has 20 heavy (non-hydrogen) atoms. The maximum absolute atomic E-state index is 11.6. The van der Waals surface area contributed by atoms with Gasteiger partial charge in [-0.15, -0.1) is 0 Å². The molecule has 0 aliphatic rings. The third-order valence-corrected chi connectivity index (χ3v) is 2.34. The molecule has 1 heterocycles. The highest BCUT2D eigenvalue weighted by Crippen LogP contribution is 2.24. The number of anilines is 1. The van der Waals surface area contributed by atoms with Crippen LogP contribution in [0.15, 0.2) is 22.7 Å².